The highest BCUT2D eigenvalue weighted by atomic mass is 79.9. The molecular formula is C23H22Br2ClN3O5. The molecule has 0 radical (unpaired) electrons. The van der Waals surface area contributed by atoms with Crippen LogP contribution in [0.2, 0.25) is 5.02 Å². The molecule has 0 amide bonds. The fourth-order valence-electron chi connectivity index (χ4n) is 3.07. The lowest BCUT2D eigenvalue weighted by molar-refractivity contribution is -0.144. The third kappa shape index (κ3) is 5.45. The third-order valence-corrected chi connectivity index (χ3v) is 6.70. The summed E-state index contributed by atoms with van der Waals surface area (Å²) in [7, 11) is 0. The summed E-state index contributed by atoms with van der Waals surface area (Å²) in [5, 5.41) is 14.2. The number of carbonyl (C=O) groups is 1. The number of hydrogen-bond donors (Lipinski definition) is 1. The number of ether oxygens (including phenoxy) is 2. The van der Waals surface area contributed by atoms with Gasteiger partial charge >= 0.3 is 5.97 Å². The number of carboxylic acids is 1. The highest BCUT2D eigenvalue weighted by molar-refractivity contribution is 9.10. The Balaban J connectivity index is 2.15. The van der Waals surface area contributed by atoms with E-state index in [1.807, 2.05) is 19.9 Å². The van der Waals surface area contributed by atoms with Gasteiger partial charge in [0.15, 0.2) is 17.6 Å². The molecular weight excluding hydrogens is 594 g/mol. The van der Waals surface area contributed by atoms with Gasteiger partial charge in [-0.1, -0.05) is 41.4 Å². The first-order chi connectivity index (χ1) is 16.0. The van der Waals surface area contributed by atoms with Crippen LogP contribution in [0.15, 0.2) is 43.1 Å². The largest absolute Gasteiger partial charge is 0.490 e. The van der Waals surface area contributed by atoms with Crippen molar-refractivity contribution >= 4 is 66.5 Å². The molecule has 0 unspecified atom stereocenters. The van der Waals surface area contributed by atoms with Gasteiger partial charge in [-0.2, -0.15) is 9.78 Å². The zero-order valence-electron chi connectivity index (χ0n) is 18.8. The van der Waals surface area contributed by atoms with Crippen molar-refractivity contribution in [2.45, 2.75) is 39.7 Å². The maximum atomic E-state index is 13.2. The van der Waals surface area contributed by atoms with E-state index in [0.717, 1.165) is 4.47 Å². The van der Waals surface area contributed by atoms with Crippen LogP contribution in [0.25, 0.3) is 10.9 Å². The van der Waals surface area contributed by atoms with Crippen LogP contribution in [-0.4, -0.2) is 39.7 Å². The summed E-state index contributed by atoms with van der Waals surface area (Å²) in [6, 6.07) is 6.92. The number of aromatic nitrogens is 2. The van der Waals surface area contributed by atoms with Gasteiger partial charge in [0.05, 0.1) is 23.7 Å². The van der Waals surface area contributed by atoms with Crippen molar-refractivity contribution in [2.75, 3.05) is 6.61 Å². The second-order valence-electron chi connectivity index (χ2n) is 7.60. The maximum absolute atomic E-state index is 13.2. The highest BCUT2D eigenvalue weighted by Gasteiger charge is 2.22. The van der Waals surface area contributed by atoms with Crippen LogP contribution in [0.5, 0.6) is 11.5 Å². The molecule has 1 aromatic heterocycles. The molecule has 8 nitrogen and oxygen atoms in total. The minimum atomic E-state index is -1.14. The fourth-order valence-corrected chi connectivity index (χ4v) is 4.07. The topological polar surface area (TPSA) is 103 Å². The first-order valence-corrected chi connectivity index (χ1v) is 12.3. The molecule has 0 saturated carbocycles. The predicted octanol–water partition coefficient (Wildman–Crippen LogP) is 5.83. The quantitative estimate of drug-likeness (QED) is 0.320. The van der Waals surface area contributed by atoms with Gasteiger partial charge in [-0.15, -0.1) is 0 Å². The van der Waals surface area contributed by atoms with Crippen LogP contribution in [0.1, 0.15) is 45.0 Å². The van der Waals surface area contributed by atoms with E-state index >= 15 is 0 Å². The Kier molecular flexibility index (Phi) is 8.38. The van der Waals surface area contributed by atoms with Gasteiger partial charge in [-0.05, 0) is 54.0 Å². The molecule has 0 fully saturated rings. The van der Waals surface area contributed by atoms with Crippen LogP contribution < -0.4 is 15.0 Å². The maximum Gasteiger partial charge on any atom is 0.344 e. The van der Waals surface area contributed by atoms with E-state index in [2.05, 4.69) is 41.9 Å². The monoisotopic (exact) mass is 613 g/mol. The average molecular weight is 616 g/mol. The number of rotatable bonds is 8. The van der Waals surface area contributed by atoms with Gasteiger partial charge in [-0.25, -0.2) is 9.78 Å². The minimum absolute atomic E-state index is 0.0720. The van der Waals surface area contributed by atoms with Crippen molar-refractivity contribution in [2.24, 2.45) is 5.10 Å². The predicted molar refractivity (Wildman–Crippen MR) is 139 cm³/mol. The molecule has 0 aliphatic rings. The molecule has 3 aromatic rings. The minimum Gasteiger partial charge on any atom is -0.490 e. The molecule has 0 saturated heterocycles. The van der Waals surface area contributed by atoms with Gasteiger partial charge in [0.1, 0.15) is 10.8 Å². The van der Waals surface area contributed by atoms with E-state index in [4.69, 9.17) is 21.1 Å². The number of halogens is 3. The van der Waals surface area contributed by atoms with Crippen molar-refractivity contribution < 1.29 is 19.4 Å². The lowest BCUT2D eigenvalue weighted by atomic mass is 10.2. The summed E-state index contributed by atoms with van der Waals surface area (Å²) in [6.45, 7) is 7.32. The van der Waals surface area contributed by atoms with E-state index in [0.29, 0.717) is 33.4 Å². The number of hydrogen-bond acceptors (Lipinski definition) is 6. The Bertz CT molecular complexity index is 1340. The van der Waals surface area contributed by atoms with Crippen molar-refractivity contribution in [1.82, 2.24) is 9.66 Å². The number of aliphatic carboxylic acids is 1. The summed E-state index contributed by atoms with van der Waals surface area (Å²) >= 11 is 13.3. The van der Waals surface area contributed by atoms with Crippen LogP contribution in [0.3, 0.4) is 0 Å². The molecule has 0 bridgehead atoms. The van der Waals surface area contributed by atoms with Crippen LogP contribution in [0.4, 0.5) is 0 Å². The number of fused-ring (bicyclic) bond motifs is 1. The Morgan fingerprint density at radius 3 is 2.62 bits per heavy atom. The third-order valence-electron chi connectivity index (χ3n) is 4.76. The number of carboxylic acid groups (broad SMARTS) is 1. The van der Waals surface area contributed by atoms with Gasteiger partial charge in [0, 0.05) is 20.4 Å². The summed E-state index contributed by atoms with van der Waals surface area (Å²) in [5.74, 6) is -0.367. The molecule has 1 N–H and O–H groups in total. The van der Waals surface area contributed by atoms with E-state index < -0.39 is 12.1 Å². The van der Waals surface area contributed by atoms with Crippen molar-refractivity contribution in [3.05, 3.63) is 60.0 Å². The molecule has 11 heteroatoms. The standard InChI is InChI=1S/C23H22Br2ClN3O5/c1-5-33-17-8-13(18(25)19(26)20(17)34-12(4)23(31)32)10-27-29-21(11(2)3)28-16-7-6-14(24)9-15(16)22(29)30/h6-12H,5H2,1-4H3,(H,31,32)/t12-/m1/s1. The molecule has 2 aromatic carbocycles. The normalized spacial score (nSPS) is 12.5. The van der Waals surface area contributed by atoms with Crippen LogP contribution in [0, 0.1) is 0 Å². The van der Waals surface area contributed by atoms with E-state index in [1.165, 1.54) is 17.8 Å². The summed E-state index contributed by atoms with van der Waals surface area (Å²) in [6.07, 6.45) is 0.320. The Labute approximate surface area is 217 Å². The molecule has 180 valence electrons. The van der Waals surface area contributed by atoms with E-state index in [9.17, 15) is 14.7 Å². The van der Waals surface area contributed by atoms with Crippen LogP contribution in [-0.2, 0) is 4.79 Å². The molecule has 0 aliphatic carbocycles. The van der Waals surface area contributed by atoms with Crippen molar-refractivity contribution in [1.29, 1.82) is 0 Å². The second-order valence-corrected chi connectivity index (χ2v) is 9.69. The molecule has 0 aliphatic heterocycles. The zero-order chi connectivity index (χ0) is 25.2. The Morgan fingerprint density at radius 2 is 2.00 bits per heavy atom. The van der Waals surface area contributed by atoms with E-state index in [-0.39, 0.29) is 28.0 Å². The van der Waals surface area contributed by atoms with E-state index in [1.54, 1.807) is 25.1 Å². The molecule has 1 heterocycles. The first-order valence-electron chi connectivity index (χ1n) is 10.4. The lowest BCUT2D eigenvalue weighted by Crippen LogP contribution is -2.23. The Hall–Kier alpha value is -2.43. The summed E-state index contributed by atoms with van der Waals surface area (Å²) in [4.78, 5) is 29.1. The summed E-state index contributed by atoms with van der Waals surface area (Å²) < 4.78 is 13.6. The highest BCUT2D eigenvalue weighted by Crippen LogP contribution is 2.42. The van der Waals surface area contributed by atoms with Gasteiger partial charge in [-0.3, -0.25) is 4.79 Å². The number of benzene rings is 2. The SMILES string of the molecule is CCOc1cc(C=Nn2c(C(C)C)nc3ccc(Br)cc3c2=O)c(Br)c(Cl)c1O[C@H](C)C(=O)O. The smallest absolute Gasteiger partial charge is 0.344 e. The fraction of sp³-hybridized carbons (Fsp3) is 0.304. The molecule has 0 spiro atoms. The van der Waals surface area contributed by atoms with Gasteiger partial charge in [0.25, 0.3) is 5.56 Å². The lowest BCUT2D eigenvalue weighted by Gasteiger charge is -2.18. The molecule has 3 rings (SSSR count). The average Bonchev–Trinajstić information content (AvgIpc) is 2.78. The van der Waals surface area contributed by atoms with Crippen molar-refractivity contribution in [3.8, 4) is 11.5 Å². The van der Waals surface area contributed by atoms with Crippen LogP contribution >= 0.6 is 43.5 Å². The molecule has 34 heavy (non-hydrogen) atoms. The first kappa shape index (κ1) is 26.2. The zero-order valence-corrected chi connectivity index (χ0v) is 22.7. The van der Waals surface area contributed by atoms with Gasteiger partial charge in [0.2, 0.25) is 0 Å². The summed E-state index contributed by atoms with van der Waals surface area (Å²) in [5.41, 5.74) is 0.772. The van der Waals surface area contributed by atoms with Gasteiger partial charge < -0.3 is 14.6 Å². The second kappa shape index (κ2) is 10.9. The number of nitrogens with zero attached hydrogens (tertiary/aromatic N) is 3. The van der Waals surface area contributed by atoms with Crippen molar-refractivity contribution in [3.63, 3.8) is 0 Å². The Morgan fingerprint density at radius 1 is 1.29 bits per heavy atom. The molecule has 1 atom stereocenters.